The fourth-order valence-electron chi connectivity index (χ4n) is 4.05. The molecular formula is C23H37NO8. The monoisotopic (exact) mass is 455 g/mol. The van der Waals surface area contributed by atoms with E-state index in [4.69, 9.17) is 14.2 Å². The van der Waals surface area contributed by atoms with E-state index in [0.29, 0.717) is 25.7 Å². The highest BCUT2D eigenvalue weighted by Gasteiger charge is 2.38. The molecule has 2 saturated carbocycles. The van der Waals surface area contributed by atoms with Crippen LogP contribution in [0.2, 0.25) is 0 Å². The highest BCUT2D eigenvalue weighted by Crippen LogP contribution is 2.25. The van der Waals surface area contributed by atoms with Crippen molar-refractivity contribution in [2.24, 2.45) is 5.92 Å². The molecule has 0 aromatic carbocycles. The zero-order valence-electron chi connectivity index (χ0n) is 19.4. The van der Waals surface area contributed by atoms with Gasteiger partial charge < -0.3 is 24.6 Å². The molecule has 182 valence electrons. The minimum absolute atomic E-state index is 0.289. The van der Waals surface area contributed by atoms with Gasteiger partial charge in [-0.15, -0.1) is 0 Å². The molecule has 0 bridgehead atoms. The SMILES string of the molecule is CC(C)(C)OC(=O)N[C@@H](CC(C(=O)OC1CCCCC1)C(=O)OC1CCCCC1)C(=O)O. The Morgan fingerprint density at radius 1 is 0.844 bits per heavy atom. The van der Waals surface area contributed by atoms with E-state index in [9.17, 15) is 24.3 Å². The van der Waals surface area contributed by atoms with Crippen molar-refractivity contribution >= 4 is 24.0 Å². The summed E-state index contributed by atoms with van der Waals surface area (Å²) >= 11 is 0. The standard InChI is InChI=1S/C23H37NO8/c1-23(2,3)32-22(29)24-18(19(25)26)14-17(20(27)30-15-10-6-4-7-11-15)21(28)31-16-12-8-5-9-13-16/h15-18H,4-14H2,1-3H3,(H,24,29)(H,25,26)/t18-/m0/s1. The van der Waals surface area contributed by atoms with Crippen LogP contribution in [-0.2, 0) is 28.6 Å². The number of carbonyl (C=O) groups excluding carboxylic acids is 3. The predicted molar refractivity (Wildman–Crippen MR) is 115 cm³/mol. The Balaban J connectivity index is 2.10. The zero-order valence-corrected chi connectivity index (χ0v) is 19.4. The molecule has 9 nitrogen and oxygen atoms in total. The van der Waals surface area contributed by atoms with Gasteiger partial charge in [0.05, 0.1) is 0 Å². The van der Waals surface area contributed by atoms with Gasteiger partial charge in [-0.05, 0) is 72.1 Å². The van der Waals surface area contributed by atoms with Crippen molar-refractivity contribution in [2.75, 3.05) is 0 Å². The number of carboxylic acids is 1. The second kappa shape index (κ2) is 12.1. The molecule has 0 saturated heterocycles. The Kier molecular flexibility index (Phi) is 9.78. The lowest BCUT2D eigenvalue weighted by molar-refractivity contribution is -0.170. The van der Waals surface area contributed by atoms with Crippen molar-refractivity contribution in [1.82, 2.24) is 5.32 Å². The van der Waals surface area contributed by atoms with E-state index >= 15 is 0 Å². The molecule has 2 fully saturated rings. The molecule has 0 heterocycles. The molecule has 9 heteroatoms. The van der Waals surface area contributed by atoms with Crippen LogP contribution in [0, 0.1) is 5.92 Å². The van der Waals surface area contributed by atoms with Gasteiger partial charge in [-0.2, -0.15) is 0 Å². The number of alkyl carbamates (subject to hydrolysis) is 1. The third kappa shape index (κ3) is 9.04. The summed E-state index contributed by atoms with van der Waals surface area (Å²) in [4.78, 5) is 49.7. The lowest BCUT2D eigenvalue weighted by Gasteiger charge is -2.28. The van der Waals surface area contributed by atoms with Gasteiger partial charge in [0.2, 0.25) is 0 Å². The van der Waals surface area contributed by atoms with Gasteiger partial charge in [-0.1, -0.05) is 12.8 Å². The molecule has 2 aliphatic carbocycles. The van der Waals surface area contributed by atoms with Crippen molar-refractivity contribution in [3.8, 4) is 0 Å². The van der Waals surface area contributed by atoms with E-state index < -0.39 is 48.0 Å². The highest BCUT2D eigenvalue weighted by molar-refractivity contribution is 5.96. The second-order valence-corrected chi connectivity index (χ2v) is 9.72. The average Bonchev–Trinajstić information content (AvgIpc) is 2.70. The number of hydrogen-bond acceptors (Lipinski definition) is 7. The zero-order chi connectivity index (χ0) is 23.7. The number of aliphatic carboxylic acids is 1. The number of nitrogens with one attached hydrogen (secondary N) is 1. The van der Waals surface area contributed by atoms with E-state index in [-0.39, 0.29) is 12.2 Å². The Morgan fingerprint density at radius 2 is 1.28 bits per heavy atom. The fraction of sp³-hybridized carbons (Fsp3) is 0.826. The van der Waals surface area contributed by atoms with Gasteiger partial charge in [-0.25, -0.2) is 9.59 Å². The molecule has 32 heavy (non-hydrogen) atoms. The lowest BCUT2D eigenvalue weighted by atomic mass is 9.95. The van der Waals surface area contributed by atoms with Gasteiger partial charge in [0.25, 0.3) is 0 Å². The van der Waals surface area contributed by atoms with Crippen LogP contribution in [0.25, 0.3) is 0 Å². The van der Waals surface area contributed by atoms with E-state index in [1.165, 1.54) is 0 Å². The molecule has 0 radical (unpaired) electrons. The smallest absolute Gasteiger partial charge is 0.408 e. The van der Waals surface area contributed by atoms with Crippen molar-refractivity contribution < 1.29 is 38.5 Å². The van der Waals surface area contributed by atoms with Crippen LogP contribution < -0.4 is 5.32 Å². The first-order chi connectivity index (χ1) is 15.0. The molecule has 2 aliphatic rings. The molecule has 2 rings (SSSR count). The summed E-state index contributed by atoms with van der Waals surface area (Å²) < 4.78 is 16.2. The molecule has 1 amide bonds. The molecule has 0 aliphatic heterocycles. The number of carboxylic acid groups (broad SMARTS) is 1. The van der Waals surface area contributed by atoms with E-state index in [2.05, 4.69) is 5.32 Å². The van der Waals surface area contributed by atoms with Crippen LogP contribution in [0.15, 0.2) is 0 Å². The summed E-state index contributed by atoms with van der Waals surface area (Å²) in [5.74, 6) is -4.41. The first kappa shape index (κ1) is 25.9. The topological polar surface area (TPSA) is 128 Å². The number of esters is 2. The van der Waals surface area contributed by atoms with Gasteiger partial charge in [0, 0.05) is 6.42 Å². The Bertz CT molecular complexity index is 627. The Hall–Kier alpha value is -2.32. The molecule has 2 N–H and O–H groups in total. The van der Waals surface area contributed by atoms with Crippen molar-refractivity contribution in [3.63, 3.8) is 0 Å². The number of ether oxygens (including phenoxy) is 3. The van der Waals surface area contributed by atoms with Crippen LogP contribution in [0.5, 0.6) is 0 Å². The minimum Gasteiger partial charge on any atom is -0.480 e. The summed E-state index contributed by atoms with van der Waals surface area (Å²) in [6.45, 7) is 4.94. The maximum absolute atomic E-state index is 12.9. The third-order valence-electron chi connectivity index (χ3n) is 5.70. The van der Waals surface area contributed by atoms with Crippen molar-refractivity contribution in [2.45, 2.75) is 115 Å². The molecule has 0 spiro atoms. The summed E-state index contributed by atoms with van der Waals surface area (Å²) in [7, 11) is 0. The first-order valence-corrected chi connectivity index (χ1v) is 11.7. The average molecular weight is 456 g/mol. The second-order valence-electron chi connectivity index (χ2n) is 9.72. The third-order valence-corrected chi connectivity index (χ3v) is 5.70. The van der Waals surface area contributed by atoms with Gasteiger partial charge in [-0.3, -0.25) is 9.59 Å². The van der Waals surface area contributed by atoms with Crippen LogP contribution in [0.1, 0.15) is 91.4 Å². The van der Waals surface area contributed by atoms with Crippen LogP contribution >= 0.6 is 0 Å². The van der Waals surface area contributed by atoms with Crippen molar-refractivity contribution in [1.29, 1.82) is 0 Å². The van der Waals surface area contributed by atoms with Crippen molar-refractivity contribution in [3.05, 3.63) is 0 Å². The Morgan fingerprint density at radius 3 is 1.66 bits per heavy atom. The van der Waals surface area contributed by atoms with E-state index in [1.807, 2.05) is 0 Å². The summed E-state index contributed by atoms with van der Waals surface area (Å²) in [5.41, 5.74) is -0.827. The van der Waals surface area contributed by atoms with Crippen LogP contribution in [0.3, 0.4) is 0 Å². The highest BCUT2D eigenvalue weighted by atomic mass is 16.6. The van der Waals surface area contributed by atoms with E-state index in [0.717, 1.165) is 38.5 Å². The molecule has 0 aromatic rings. The predicted octanol–water partition coefficient (Wildman–Crippen LogP) is 3.72. The summed E-state index contributed by atoms with van der Waals surface area (Å²) in [6, 6.07) is -1.51. The van der Waals surface area contributed by atoms with Crippen LogP contribution in [-0.4, -0.2) is 53.0 Å². The molecule has 1 atom stereocenters. The van der Waals surface area contributed by atoms with Crippen LogP contribution in [0.4, 0.5) is 4.79 Å². The Labute approximate surface area is 189 Å². The minimum atomic E-state index is -1.51. The normalized spacial score (nSPS) is 19.1. The van der Waals surface area contributed by atoms with Gasteiger partial charge in [0.15, 0.2) is 5.92 Å². The maximum atomic E-state index is 12.9. The van der Waals surface area contributed by atoms with E-state index in [1.54, 1.807) is 20.8 Å². The quantitative estimate of drug-likeness (QED) is 0.322. The maximum Gasteiger partial charge on any atom is 0.408 e. The molecule has 0 aromatic heterocycles. The summed E-state index contributed by atoms with van der Waals surface area (Å²) in [5, 5.41) is 11.8. The largest absolute Gasteiger partial charge is 0.480 e. The number of rotatable bonds is 8. The first-order valence-electron chi connectivity index (χ1n) is 11.7. The molecule has 0 unspecified atom stereocenters. The fourth-order valence-corrected chi connectivity index (χ4v) is 4.05. The lowest BCUT2D eigenvalue weighted by Crippen LogP contribution is -2.47. The molecular weight excluding hydrogens is 418 g/mol. The van der Waals surface area contributed by atoms with Gasteiger partial charge in [0.1, 0.15) is 23.9 Å². The number of carbonyl (C=O) groups is 4. The number of amides is 1. The van der Waals surface area contributed by atoms with Gasteiger partial charge >= 0.3 is 24.0 Å². The summed E-state index contributed by atoms with van der Waals surface area (Å²) in [6.07, 6.45) is 6.78. The number of hydrogen-bond donors (Lipinski definition) is 2.